The van der Waals surface area contributed by atoms with E-state index in [2.05, 4.69) is 48.1 Å². The first-order valence-corrected chi connectivity index (χ1v) is 12.1. The van der Waals surface area contributed by atoms with Crippen molar-refractivity contribution in [2.75, 3.05) is 31.5 Å². The summed E-state index contributed by atoms with van der Waals surface area (Å²) in [5.41, 5.74) is 1.82. The molecule has 7 nitrogen and oxygen atoms in total. The lowest BCUT2D eigenvalue weighted by Gasteiger charge is -2.45. The second-order valence-corrected chi connectivity index (χ2v) is 10.6. The van der Waals surface area contributed by atoms with Crippen LogP contribution in [0.3, 0.4) is 0 Å². The molecule has 0 spiro atoms. The lowest BCUT2D eigenvalue weighted by atomic mass is 9.91. The number of anilines is 1. The summed E-state index contributed by atoms with van der Waals surface area (Å²) in [4.78, 5) is 22.1. The second kappa shape index (κ2) is 9.59. The average molecular weight is 450 g/mol. The van der Waals surface area contributed by atoms with E-state index in [1.54, 1.807) is 17.1 Å². The predicted octanol–water partition coefficient (Wildman–Crippen LogP) is 4.51. The van der Waals surface area contributed by atoms with Crippen LogP contribution in [0.25, 0.3) is 22.0 Å². The van der Waals surface area contributed by atoms with Crippen LogP contribution in [0.1, 0.15) is 40.5 Å². The number of hydrogen-bond acceptors (Lipinski definition) is 4. The number of carbonyl (C=O) groups excluding carboxylic acids is 1. The van der Waals surface area contributed by atoms with Gasteiger partial charge in [0.05, 0.1) is 38.1 Å². The van der Waals surface area contributed by atoms with E-state index in [9.17, 15) is 4.79 Å². The molecule has 0 bridgehead atoms. The van der Waals surface area contributed by atoms with E-state index >= 15 is 0 Å². The van der Waals surface area contributed by atoms with Gasteiger partial charge in [0.1, 0.15) is 5.82 Å². The maximum atomic E-state index is 13.1. The molecule has 7 heteroatoms. The summed E-state index contributed by atoms with van der Waals surface area (Å²) in [7, 11) is 1.89. The fraction of sp³-hybridized carbons (Fsp3) is 0.538. The molecule has 0 aromatic carbocycles. The van der Waals surface area contributed by atoms with Crippen molar-refractivity contribution in [1.82, 2.24) is 19.7 Å². The van der Waals surface area contributed by atoms with Crippen LogP contribution >= 0.6 is 0 Å². The minimum atomic E-state index is 0.0523. The first-order chi connectivity index (χ1) is 15.7. The van der Waals surface area contributed by atoms with Gasteiger partial charge >= 0.3 is 0 Å². The standard InChI is InChI=1S/C26H36N6O/c1-18(2)16-32(17-19(3)4)8-6-20(7-9-32)26(33)30-25-11-21-10-24(23-14-29-31(5)15-23)27-12-22(21)13-28-25/h10-15,18-20H,6-9,16-17H2,1-5H3/p+1. The van der Waals surface area contributed by atoms with E-state index in [1.165, 1.54) is 13.1 Å². The van der Waals surface area contributed by atoms with Crippen LogP contribution in [0.2, 0.25) is 0 Å². The Bertz CT molecular complexity index is 1100. The summed E-state index contributed by atoms with van der Waals surface area (Å²) in [6, 6.07) is 3.96. The quantitative estimate of drug-likeness (QED) is 0.539. The molecule has 0 unspecified atom stereocenters. The Balaban J connectivity index is 1.44. The number of quaternary nitrogens is 1. The summed E-state index contributed by atoms with van der Waals surface area (Å²) in [5, 5.41) is 9.26. The molecule has 3 aromatic heterocycles. The number of hydrogen-bond donors (Lipinski definition) is 1. The number of nitrogens with one attached hydrogen (secondary N) is 1. The van der Waals surface area contributed by atoms with E-state index in [4.69, 9.17) is 0 Å². The number of rotatable bonds is 7. The molecule has 0 radical (unpaired) electrons. The zero-order valence-corrected chi connectivity index (χ0v) is 20.6. The highest BCUT2D eigenvalue weighted by Gasteiger charge is 2.37. The van der Waals surface area contributed by atoms with Crippen molar-refractivity contribution in [3.05, 3.63) is 36.9 Å². The van der Waals surface area contributed by atoms with Crippen molar-refractivity contribution >= 4 is 22.5 Å². The number of piperidine rings is 1. The zero-order chi connectivity index (χ0) is 23.6. The minimum absolute atomic E-state index is 0.0523. The van der Waals surface area contributed by atoms with Crippen LogP contribution in [0, 0.1) is 17.8 Å². The van der Waals surface area contributed by atoms with Gasteiger partial charge in [0.2, 0.25) is 5.91 Å². The van der Waals surface area contributed by atoms with Gasteiger partial charge < -0.3 is 9.80 Å². The SMILES string of the molecule is CC(C)C[N+]1(CC(C)C)CCC(C(=O)Nc2cc3cc(-c4cnn(C)c4)ncc3cn2)CC1. The van der Waals surface area contributed by atoms with Crippen LogP contribution in [0.4, 0.5) is 5.82 Å². The Morgan fingerprint density at radius 3 is 2.30 bits per heavy atom. The molecule has 4 rings (SSSR count). The Kier molecular flexibility index (Phi) is 6.79. The Hall–Kier alpha value is -2.80. The number of pyridine rings is 2. The molecule has 33 heavy (non-hydrogen) atoms. The molecule has 1 aliphatic heterocycles. The Morgan fingerprint density at radius 2 is 1.70 bits per heavy atom. The van der Waals surface area contributed by atoms with Crippen LogP contribution < -0.4 is 5.32 Å². The maximum absolute atomic E-state index is 13.1. The van der Waals surface area contributed by atoms with Gasteiger partial charge in [-0.3, -0.25) is 14.5 Å². The molecule has 1 saturated heterocycles. The third kappa shape index (κ3) is 5.58. The van der Waals surface area contributed by atoms with Crippen LogP contribution in [0.5, 0.6) is 0 Å². The molecule has 4 heterocycles. The first kappa shape index (κ1) is 23.4. The second-order valence-electron chi connectivity index (χ2n) is 10.6. The van der Waals surface area contributed by atoms with E-state index in [0.29, 0.717) is 17.7 Å². The molecule has 1 fully saturated rings. The highest BCUT2D eigenvalue weighted by Crippen LogP contribution is 2.28. The molecule has 176 valence electrons. The zero-order valence-electron chi connectivity index (χ0n) is 20.6. The average Bonchev–Trinajstić information content (AvgIpc) is 3.19. The first-order valence-electron chi connectivity index (χ1n) is 12.1. The molecular formula is C26H37N6O+. The number of amides is 1. The van der Waals surface area contributed by atoms with E-state index < -0.39 is 0 Å². The number of nitrogens with zero attached hydrogens (tertiary/aromatic N) is 5. The lowest BCUT2D eigenvalue weighted by molar-refractivity contribution is -0.938. The van der Waals surface area contributed by atoms with Crippen molar-refractivity contribution < 1.29 is 9.28 Å². The van der Waals surface area contributed by atoms with Crippen LogP contribution in [-0.2, 0) is 11.8 Å². The van der Waals surface area contributed by atoms with Gasteiger partial charge in [-0.1, -0.05) is 27.7 Å². The van der Waals surface area contributed by atoms with Gasteiger partial charge in [-0.25, -0.2) is 4.98 Å². The fourth-order valence-corrected chi connectivity index (χ4v) is 5.41. The van der Waals surface area contributed by atoms with Gasteiger partial charge in [-0.05, 0) is 17.5 Å². The maximum Gasteiger partial charge on any atom is 0.229 e. The molecule has 0 aliphatic carbocycles. The van der Waals surface area contributed by atoms with Gasteiger partial charge in [0, 0.05) is 67.2 Å². The van der Waals surface area contributed by atoms with E-state index in [1.807, 2.05) is 31.6 Å². The van der Waals surface area contributed by atoms with Gasteiger partial charge in [0.15, 0.2) is 0 Å². The van der Waals surface area contributed by atoms with Gasteiger partial charge in [-0.15, -0.1) is 0 Å². The molecular weight excluding hydrogens is 412 g/mol. The Labute approximate surface area is 196 Å². The van der Waals surface area contributed by atoms with Crippen LogP contribution in [0.15, 0.2) is 36.9 Å². The molecule has 0 atom stereocenters. The number of likely N-dealkylation sites (tertiary alicyclic amines) is 1. The topological polar surface area (TPSA) is 72.7 Å². The lowest BCUT2D eigenvalue weighted by Crippen LogP contribution is -2.57. The number of fused-ring (bicyclic) bond motifs is 1. The van der Waals surface area contributed by atoms with Crippen molar-refractivity contribution in [1.29, 1.82) is 0 Å². The van der Waals surface area contributed by atoms with Crippen molar-refractivity contribution in [2.45, 2.75) is 40.5 Å². The molecule has 1 N–H and O–H groups in total. The summed E-state index contributed by atoms with van der Waals surface area (Å²) in [6.07, 6.45) is 9.22. The van der Waals surface area contributed by atoms with E-state index in [-0.39, 0.29) is 11.8 Å². The van der Waals surface area contributed by atoms with Crippen molar-refractivity contribution in [3.63, 3.8) is 0 Å². The summed E-state index contributed by atoms with van der Waals surface area (Å²) >= 11 is 0. The predicted molar refractivity (Wildman–Crippen MR) is 132 cm³/mol. The Morgan fingerprint density at radius 1 is 1.03 bits per heavy atom. The number of aryl methyl sites for hydroxylation is 1. The van der Waals surface area contributed by atoms with Gasteiger partial charge in [-0.2, -0.15) is 5.10 Å². The molecule has 3 aromatic rings. The van der Waals surface area contributed by atoms with Crippen LogP contribution in [-0.4, -0.2) is 56.3 Å². The third-order valence-electron chi connectivity index (χ3n) is 6.63. The highest BCUT2D eigenvalue weighted by molar-refractivity contribution is 5.94. The minimum Gasteiger partial charge on any atom is -0.323 e. The fourth-order valence-electron chi connectivity index (χ4n) is 5.41. The monoisotopic (exact) mass is 449 g/mol. The van der Waals surface area contributed by atoms with Crippen molar-refractivity contribution in [3.8, 4) is 11.3 Å². The third-order valence-corrected chi connectivity index (χ3v) is 6.63. The largest absolute Gasteiger partial charge is 0.323 e. The smallest absolute Gasteiger partial charge is 0.229 e. The van der Waals surface area contributed by atoms with Crippen molar-refractivity contribution in [2.24, 2.45) is 24.8 Å². The normalized spacial score (nSPS) is 16.6. The number of carbonyl (C=O) groups is 1. The van der Waals surface area contributed by atoms with E-state index in [0.717, 1.165) is 52.4 Å². The molecule has 1 aliphatic rings. The number of aromatic nitrogens is 4. The van der Waals surface area contributed by atoms with Gasteiger partial charge in [0.25, 0.3) is 0 Å². The summed E-state index contributed by atoms with van der Waals surface area (Å²) < 4.78 is 2.91. The molecule has 1 amide bonds. The highest BCUT2D eigenvalue weighted by atomic mass is 16.2. The molecule has 0 saturated carbocycles. The summed E-state index contributed by atoms with van der Waals surface area (Å²) in [5.74, 6) is 2.09. The summed E-state index contributed by atoms with van der Waals surface area (Å²) in [6.45, 7) is 13.8.